The number of carbonyl (C=O) groups excluding carboxylic acids is 2. The van der Waals surface area contributed by atoms with Crippen LogP contribution in [0.25, 0.3) is 0 Å². The van der Waals surface area contributed by atoms with Crippen LogP contribution in [0.1, 0.15) is 69.9 Å². The fourth-order valence-corrected chi connectivity index (χ4v) is 7.97. The number of hydrogen-bond donors (Lipinski definition) is 2. The van der Waals surface area contributed by atoms with Crippen molar-refractivity contribution in [2.75, 3.05) is 19.0 Å². The molecule has 1 aromatic carbocycles. The van der Waals surface area contributed by atoms with E-state index in [9.17, 15) is 9.59 Å². The minimum absolute atomic E-state index is 0.0538. The van der Waals surface area contributed by atoms with Gasteiger partial charge in [-0.05, 0) is 46.1 Å². The molecule has 38 heavy (non-hydrogen) atoms. The van der Waals surface area contributed by atoms with E-state index in [0.717, 1.165) is 36.1 Å². The third-order valence-corrected chi connectivity index (χ3v) is 12.1. The van der Waals surface area contributed by atoms with Gasteiger partial charge < -0.3 is 19.5 Å². The third-order valence-electron chi connectivity index (χ3n) is 8.49. The van der Waals surface area contributed by atoms with Crippen molar-refractivity contribution < 1.29 is 23.8 Å². The second-order valence-electron chi connectivity index (χ2n) is 12.4. The van der Waals surface area contributed by atoms with Crippen LogP contribution in [0.2, 0.25) is 24.7 Å². The molecule has 2 amide bonds. The fraction of sp³-hybridized carbons (Fsp3) is 0.607. The maximum absolute atomic E-state index is 13.6. The number of carbonyl (C=O) groups is 2. The zero-order chi connectivity index (χ0) is 27.9. The van der Waals surface area contributed by atoms with Gasteiger partial charge in [-0.15, -0.1) is 0 Å². The standard InChI is InChI=1S/C28H42N4O5Si/c1-26(2)22-20(23(31-30-22)29-24(33)28(15-12-16-28)38(6,7)8)17-32(26)25(34)37-21(18-36-27(3,4)35-5)19-13-10-9-11-14-19/h9-11,13-14,21H,12,15-18H2,1-8H3,(H2,29,30,31,33). The Kier molecular flexibility index (Phi) is 7.55. The maximum atomic E-state index is 13.6. The molecule has 2 aromatic rings. The van der Waals surface area contributed by atoms with Gasteiger partial charge in [0.2, 0.25) is 5.91 Å². The quantitative estimate of drug-likeness (QED) is 0.300. The van der Waals surface area contributed by atoms with E-state index in [1.165, 1.54) is 0 Å². The van der Waals surface area contributed by atoms with Crippen molar-refractivity contribution in [2.45, 2.75) is 95.6 Å². The molecule has 2 aliphatic rings. The molecule has 0 radical (unpaired) electrons. The van der Waals surface area contributed by atoms with E-state index in [2.05, 4.69) is 35.2 Å². The number of ether oxygens (including phenoxy) is 3. The SMILES string of the molecule is COC(C)(C)OCC(OC(=O)N1Cc2c(NC(=O)C3([Si](C)(C)C)CCC3)n[nH]c2C1(C)C)c1ccccc1. The highest BCUT2D eigenvalue weighted by molar-refractivity contribution is 6.83. The number of aromatic amines is 1. The largest absolute Gasteiger partial charge is 0.439 e. The van der Waals surface area contributed by atoms with Crippen LogP contribution in [0.15, 0.2) is 30.3 Å². The van der Waals surface area contributed by atoms with Gasteiger partial charge in [-0.25, -0.2) is 4.79 Å². The van der Waals surface area contributed by atoms with E-state index in [4.69, 9.17) is 14.2 Å². The number of nitrogens with one attached hydrogen (secondary N) is 2. The van der Waals surface area contributed by atoms with Gasteiger partial charge >= 0.3 is 6.09 Å². The van der Waals surface area contributed by atoms with E-state index in [1.54, 1.807) is 12.0 Å². The molecule has 0 spiro atoms. The number of amides is 2. The summed E-state index contributed by atoms with van der Waals surface area (Å²) >= 11 is 0. The number of methoxy groups -OCH3 is 1. The number of H-pyrrole nitrogens is 1. The van der Waals surface area contributed by atoms with Gasteiger partial charge in [-0.2, -0.15) is 5.10 Å². The molecule has 1 fully saturated rings. The molecule has 2 N–H and O–H groups in total. The zero-order valence-corrected chi connectivity index (χ0v) is 24.9. The highest BCUT2D eigenvalue weighted by atomic mass is 28.3. The van der Waals surface area contributed by atoms with Gasteiger partial charge in [0.1, 0.15) is 0 Å². The van der Waals surface area contributed by atoms with Gasteiger partial charge in [0.05, 0.1) is 32.5 Å². The van der Waals surface area contributed by atoms with Crippen molar-refractivity contribution in [3.63, 3.8) is 0 Å². The van der Waals surface area contributed by atoms with Gasteiger partial charge in [-0.3, -0.25) is 14.8 Å². The first-order valence-corrected chi connectivity index (χ1v) is 16.8. The summed E-state index contributed by atoms with van der Waals surface area (Å²) in [6.07, 6.45) is 1.83. The molecular weight excluding hydrogens is 500 g/mol. The number of anilines is 1. The lowest BCUT2D eigenvalue weighted by atomic mass is 9.83. The number of fused-ring (bicyclic) bond motifs is 1. The molecule has 10 heteroatoms. The Labute approximate surface area is 226 Å². The summed E-state index contributed by atoms with van der Waals surface area (Å²) in [5, 5.41) is 10.4. The first-order chi connectivity index (χ1) is 17.7. The average molecular weight is 543 g/mol. The molecule has 0 saturated heterocycles. The lowest BCUT2D eigenvalue weighted by molar-refractivity contribution is -0.210. The predicted octanol–water partition coefficient (Wildman–Crippen LogP) is 5.94. The molecule has 4 rings (SSSR count). The van der Waals surface area contributed by atoms with Crippen molar-refractivity contribution in [2.24, 2.45) is 0 Å². The molecule has 0 bridgehead atoms. The first-order valence-electron chi connectivity index (χ1n) is 13.3. The summed E-state index contributed by atoms with van der Waals surface area (Å²) in [6, 6.07) is 9.53. The van der Waals surface area contributed by atoms with E-state index in [0.29, 0.717) is 5.82 Å². The molecule has 1 aliphatic heterocycles. The van der Waals surface area contributed by atoms with Crippen molar-refractivity contribution in [1.82, 2.24) is 15.1 Å². The maximum Gasteiger partial charge on any atom is 0.411 e. The number of nitrogens with zero attached hydrogens (tertiary/aromatic N) is 2. The number of rotatable bonds is 9. The first kappa shape index (κ1) is 28.3. The Morgan fingerprint density at radius 2 is 1.84 bits per heavy atom. The molecule has 208 valence electrons. The summed E-state index contributed by atoms with van der Waals surface area (Å²) < 4.78 is 17.3. The Balaban J connectivity index is 1.52. The predicted molar refractivity (Wildman–Crippen MR) is 148 cm³/mol. The fourth-order valence-electron chi connectivity index (χ4n) is 5.37. The van der Waals surface area contributed by atoms with Crippen molar-refractivity contribution in [3.05, 3.63) is 47.2 Å². The normalized spacial score (nSPS) is 18.9. The van der Waals surface area contributed by atoms with Gasteiger partial charge in [0, 0.05) is 17.7 Å². The Morgan fingerprint density at radius 1 is 1.18 bits per heavy atom. The van der Waals surface area contributed by atoms with Crippen LogP contribution in [-0.4, -0.2) is 54.7 Å². The Morgan fingerprint density at radius 3 is 2.39 bits per heavy atom. The minimum Gasteiger partial charge on any atom is -0.439 e. The van der Waals surface area contributed by atoms with Crippen LogP contribution in [0.3, 0.4) is 0 Å². The molecule has 1 unspecified atom stereocenters. The second kappa shape index (κ2) is 10.1. The minimum atomic E-state index is -1.74. The van der Waals surface area contributed by atoms with Crippen molar-refractivity contribution >= 4 is 25.9 Å². The number of aromatic nitrogens is 2. The molecule has 2 heterocycles. The Bertz CT molecular complexity index is 1170. The van der Waals surface area contributed by atoms with E-state index >= 15 is 0 Å². The Hall–Kier alpha value is -2.69. The second-order valence-corrected chi connectivity index (χ2v) is 17.9. The van der Waals surface area contributed by atoms with Crippen LogP contribution >= 0.6 is 0 Å². The van der Waals surface area contributed by atoms with Crippen LogP contribution < -0.4 is 5.32 Å². The van der Waals surface area contributed by atoms with E-state index in [-0.39, 0.29) is 24.1 Å². The molecule has 1 atom stereocenters. The topological polar surface area (TPSA) is 106 Å². The van der Waals surface area contributed by atoms with Gasteiger partial charge in [0.25, 0.3) is 0 Å². The highest BCUT2D eigenvalue weighted by Gasteiger charge is 2.54. The summed E-state index contributed by atoms with van der Waals surface area (Å²) in [4.78, 5) is 28.7. The molecule has 9 nitrogen and oxygen atoms in total. The lowest BCUT2D eigenvalue weighted by Gasteiger charge is -2.48. The lowest BCUT2D eigenvalue weighted by Crippen LogP contribution is -2.52. The van der Waals surface area contributed by atoms with Crippen LogP contribution in [0.4, 0.5) is 10.6 Å². The molecule has 1 aliphatic carbocycles. The highest BCUT2D eigenvalue weighted by Crippen LogP contribution is 2.56. The van der Waals surface area contributed by atoms with Crippen LogP contribution in [-0.2, 0) is 31.1 Å². The molecule has 1 saturated carbocycles. The third kappa shape index (κ3) is 5.13. The van der Waals surface area contributed by atoms with E-state index in [1.807, 2.05) is 58.0 Å². The summed E-state index contributed by atoms with van der Waals surface area (Å²) in [6.45, 7) is 14.7. The van der Waals surface area contributed by atoms with E-state index < -0.39 is 31.6 Å². The summed E-state index contributed by atoms with van der Waals surface area (Å²) in [7, 11) is -0.162. The van der Waals surface area contributed by atoms with Crippen LogP contribution in [0.5, 0.6) is 0 Å². The number of hydrogen-bond acceptors (Lipinski definition) is 6. The summed E-state index contributed by atoms with van der Waals surface area (Å²) in [5.74, 6) is -0.267. The zero-order valence-electron chi connectivity index (χ0n) is 23.9. The smallest absolute Gasteiger partial charge is 0.411 e. The van der Waals surface area contributed by atoms with Gasteiger partial charge in [0.15, 0.2) is 17.7 Å². The summed E-state index contributed by atoms with van der Waals surface area (Å²) in [5.41, 5.74) is 1.74. The van der Waals surface area contributed by atoms with Crippen molar-refractivity contribution in [1.29, 1.82) is 0 Å². The monoisotopic (exact) mass is 542 g/mol. The molecular formula is C28H42N4O5Si. The van der Waals surface area contributed by atoms with Gasteiger partial charge in [-0.1, -0.05) is 56.4 Å². The van der Waals surface area contributed by atoms with Crippen molar-refractivity contribution in [3.8, 4) is 0 Å². The molecule has 1 aromatic heterocycles. The van der Waals surface area contributed by atoms with Crippen LogP contribution in [0, 0.1) is 0 Å². The average Bonchev–Trinajstić information content (AvgIpc) is 3.33. The number of benzene rings is 1.